The topological polar surface area (TPSA) is 0 Å². The summed E-state index contributed by atoms with van der Waals surface area (Å²) in [6.07, 6.45) is 16.6. The molecule has 0 heteroatoms. The van der Waals surface area contributed by atoms with Gasteiger partial charge in [-0.15, -0.1) is 0 Å². The largest absolute Gasteiger partial charge is 0.0625 e. The Hall–Kier alpha value is 0. The SMILES string of the molecule is [CH2]CCCCCCCCCCCCC([CH2])C. The maximum atomic E-state index is 4.02. The summed E-state index contributed by atoms with van der Waals surface area (Å²) in [6, 6.07) is 0. The van der Waals surface area contributed by atoms with Gasteiger partial charge in [-0.1, -0.05) is 97.8 Å². The third-order valence-electron chi connectivity index (χ3n) is 3.20. The maximum Gasteiger partial charge on any atom is -0.0443 e. The lowest BCUT2D eigenvalue weighted by molar-refractivity contribution is 0.524. The zero-order valence-corrected chi connectivity index (χ0v) is 11.5. The van der Waals surface area contributed by atoms with Gasteiger partial charge in [-0.25, -0.2) is 0 Å². The van der Waals surface area contributed by atoms with E-state index in [2.05, 4.69) is 20.8 Å². The Kier molecular flexibility index (Phi) is 13.1. The minimum absolute atomic E-state index is 0.646. The standard InChI is InChI=1S/C16H32/c1-4-5-6-7-8-9-10-11-12-13-14-15-16(2)3/h16H,1-2,4-15H2,3H3. The van der Waals surface area contributed by atoms with Crippen molar-refractivity contribution in [1.82, 2.24) is 0 Å². The first-order valence-corrected chi connectivity index (χ1v) is 7.39. The van der Waals surface area contributed by atoms with Gasteiger partial charge in [0.25, 0.3) is 0 Å². The molecular weight excluding hydrogens is 192 g/mol. The minimum Gasteiger partial charge on any atom is -0.0625 e. The Morgan fingerprint density at radius 3 is 1.44 bits per heavy atom. The molecule has 0 nitrogen and oxygen atoms in total. The molecule has 0 saturated heterocycles. The summed E-state index contributed by atoms with van der Waals surface area (Å²) >= 11 is 0. The normalized spacial score (nSPS) is 11.2. The maximum absolute atomic E-state index is 4.02. The molecule has 0 rings (SSSR count). The molecule has 0 bridgehead atoms. The summed E-state index contributed by atoms with van der Waals surface area (Å²) < 4.78 is 0. The number of rotatable bonds is 12. The summed E-state index contributed by atoms with van der Waals surface area (Å²) in [4.78, 5) is 0. The molecule has 0 spiro atoms. The molecule has 0 amide bonds. The molecule has 2 radical (unpaired) electrons. The molecule has 1 atom stereocenters. The van der Waals surface area contributed by atoms with E-state index in [0.717, 1.165) is 6.42 Å². The van der Waals surface area contributed by atoms with Gasteiger partial charge in [0.15, 0.2) is 0 Å². The molecule has 0 aliphatic heterocycles. The number of hydrogen-bond donors (Lipinski definition) is 0. The van der Waals surface area contributed by atoms with E-state index in [1.807, 2.05) is 0 Å². The smallest absolute Gasteiger partial charge is 0.0443 e. The van der Waals surface area contributed by atoms with Crippen molar-refractivity contribution >= 4 is 0 Å². The van der Waals surface area contributed by atoms with Crippen molar-refractivity contribution in [2.45, 2.75) is 84.0 Å². The van der Waals surface area contributed by atoms with E-state index in [4.69, 9.17) is 0 Å². The fraction of sp³-hybridized carbons (Fsp3) is 0.875. The average Bonchev–Trinajstić information content (AvgIpc) is 2.25. The number of unbranched alkanes of at least 4 members (excludes halogenated alkanes) is 10. The van der Waals surface area contributed by atoms with Crippen LogP contribution in [0, 0.1) is 19.8 Å². The third kappa shape index (κ3) is 14.0. The van der Waals surface area contributed by atoms with E-state index in [-0.39, 0.29) is 0 Å². The molecule has 0 aliphatic rings. The highest BCUT2D eigenvalue weighted by molar-refractivity contribution is 4.54. The van der Waals surface area contributed by atoms with Crippen LogP contribution in [0.1, 0.15) is 84.0 Å². The van der Waals surface area contributed by atoms with Crippen LogP contribution in [-0.2, 0) is 0 Å². The first-order valence-electron chi connectivity index (χ1n) is 7.39. The Bertz CT molecular complexity index is 115. The predicted octanol–water partition coefficient (Wildman–Crippen LogP) is 5.97. The second kappa shape index (κ2) is 13.1. The summed E-state index contributed by atoms with van der Waals surface area (Å²) in [5, 5.41) is 0. The Morgan fingerprint density at radius 1 is 0.688 bits per heavy atom. The van der Waals surface area contributed by atoms with Crippen molar-refractivity contribution in [2.24, 2.45) is 5.92 Å². The van der Waals surface area contributed by atoms with Crippen molar-refractivity contribution in [3.63, 3.8) is 0 Å². The molecular formula is C16H32. The van der Waals surface area contributed by atoms with Crippen LogP contribution < -0.4 is 0 Å². The molecule has 1 unspecified atom stereocenters. The minimum atomic E-state index is 0.646. The van der Waals surface area contributed by atoms with Crippen molar-refractivity contribution in [3.05, 3.63) is 13.8 Å². The van der Waals surface area contributed by atoms with Crippen LogP contribution in [0.4, 0.5) is 0 Å². The van der Waals surface area contributed by atoms with E-state index in [1.54, 1.807) is 0 Å². The molecule has 0 N–H and O–H groups in total. The van der Waals surface area contributed by atoms with Crippen LogP contribution in [0.15, 0.2) is 0 Å². The van der Waals surface area contributed by atoms with E-state index < -0.39 is 0 Å². The third-order valence-corrected chi connectivity index (χ3v) is 3.20. The summed E-state index contributed by atoms with van der Waals surface area (Å²) in [5.41, 5.74) is 0. The van der Waals surface area contributed by atoms with Gasteiger partial charge in [-0.3, -0.25) is 0 Å². The van der Waals surface area contributed by atoms with Crippen molar-refractivity contribution < 1.29 is 0 Å². The van der Waals surface area contributed by atoms with Gasteiger partial charge in [0.2, 0.25) is 0 Å². The van der Waals surface area contributed by atoms with Crippen molar-refractivity contribution in [2.75, 3.05) is 0 Å². The van der Waals surface area contributed by atoms with Crippen LogP contribution in [0.2, 0.25) is 0 Å². The fourth-order valence-corrected chi connectivity index (χ4v) is 2.08. The second-order valence-corrected chi connectivity index (χ2v) is 5.28. The lowest BCUT2D eigenvalue weighted by atomic mass is 10.0. The highest BCUT2D eigenvalue weighted by Gasteiger charge is 1.95. The first-order chi connectivity index (χ1) is 7.77. The van der Waals surface area contributed by atoms with Gasteiger partial charge in [-0.2, -0.15) is 0 Å². The Morgan fingerprint density at radius 2 is 1.06 bits per heavy atom. The van der Waals surface area contributed by atoms with Gasteiger partial charge in [0, 0.05) is 0 Å². The van der Waals surface area contributed by atoms with Gasteiger partial charge < -0.3 is 0 Å². The van der Waals surface area contributed by atoms with E-state index in [1.165, 1.54) is 70.6 Å². The number of hydrogen-bond acceptors (Lipinski definition) is 0. The van der Waals surface area contributed by atoms with Crippen molar-refractivity contribution in [3.8, 4) is 0 Å². The second-order valence-electron chi connectivity index (χ2n) is 5.28. The predicted molar refractivity (Wildman–Crippen MR) is 75.3 cm³/mol. The van der Waals surface area contributed by atoms with E-state index in [0.29, 0.717) is 5.92 Å². The lowest BCUT2D eigenvalue weighted by Gasteiger charge is -2.04. The van der Waals surface area contributed by atoms with Crippen LogP contribution in [-0.4, -0.2) is 0 Å². The zero-order valence-electron chi connectivity index (χ0n) is 11.5. The quantitative estimate of drug-likeness (QED) is 0.358. The molecule has 0 aromatic heterocycles. The highest BCUT2D eigenvalue weighted by atomic mass is 14.0. The Balaban J connectivity index is 2.88. The summed E-state index contributed by atoms with van der Waals surface area (Å²) in [7, 11) is 0. The molecule has 0 aliphatic carbocycles. The first kappa shape index (κ1) is 16.0. The molecule has 0 aromatic rings. The zero-order chi connectivity index (χ0) is 12.1. The molecule has 16 heavy (non-hydrogen) atoms. The van der Waals surface area contributed by atoms with E-state index >= 15 is 0 Å². The molecule has 0 aromatic carbocycles. The summed E-state index contributed by atoms with van der Waals surface area (Å²) in [6.45, 7) is 10.1. The monoisotopic (exact) mass is 224 g/mol. The van der Waals surface area contributed by atoms with Crippen molar-refractivity contribution in [1.29, 1.82) is 0 Å². The molecule has 0 saturated carbocycles. The summed E-state index contributed by atoms with van der Waals surface area (Å²) in [5.74, 6) is 0.646. The van der Waals surface area contributed by atoms with Crippen LogP contribution in [0.3, 0.4) is 0 Å². The average molecular weight is 224 g/mol. The van der Waals surface area contributed by atoms with Crippen LogP contribution >= 0.6 is 0 Å². The van der Waals surface area contributed by atoms with Crippen LogP contribution in [0.25, 0.3) is 0 Å². The lowest BCUT2D eigenvalue weighted by Crippen LogP contribution is -1.87. The van der Waals surface area contributed by atoms with Gasteiger partial charge in [-0.05, 0) is 5.92 Å². The van der Waals surface area contributed by atoms with Gasteiger partial charge >= 0.3 is 0 Å². The molecule has 96 valence electrons. The van der Waals surface area contributed by atoms with Crippen LogP contribution in [0.5, 0.6) is 0 Å². The molecule has 0 fully saturated rings. The van der Waals surface area contributed by atoms with Gasteiger partial charge in [0.1, 0.15) is 0 Å². The van der Waals surface area contributed by atoms with Gasteiger partial charge in [0.05, 0.1) is 0 Å². The molecule has 0 heterocycles. The fourth-order valence-electron chi connectivity index (χ4n) is 2.08. The Labute approximate surface area is 104 Å². The van der Waals surface area contributed by atoms with E-state index in [9.17, 15) is 0 Å². The highest BCUT2D eigenvalue weighted by Crippen LogP contribution is 2.13.